The lowest BCUT2D eigenvalue weighted by atomic mass is 9.77. The minimum absolute atomic E-state index is 0.255. The molecule has 0 heterocycles. The van der Waals surface area contributed by atoms with Gasteiger partial charge in [0.2, 0.25) is 0 Å². The Labute approximate surface area is 82.3 Å². The highest BCUT2D eigenvalue weighted by Gasteiger charge is 2.39. The third kappa shape index (κ3) is 2.53. The molecule has 0 amide bonds. The monoisotopic (exact) mass is 185 g/mol. The van der Waals surface area contributed by atoms with Crippen molar-refractivity contribution in [2.24, 2.45) is 5.41 Å². The number of ketones is 1. The molecule has 1 atom stereocenters. The summed E-state index contributed by atoms with van der Waals surface area (Å²) in [5, 5.41) is 0. The van der Waals surface area contributed by atoms with E-state index in [1.165, 1.54) is 0 Å². The van der Waals surface area contributed by atoms with Gasteiger partial charge in [-0.3, -0.25) is 9.69 Å². The van der Waals surface area contributed by atoms with Crippen molar-refractivity contribution < 1.29 is 4.79 Å². The molecule has 13 heavy (non-hydrogen) atoms. The van der Waals surface area contributed by atoms with E-state index in [9.17, 15) is 4.79 Å². The Bertz CT molecular complexity index is 191. The highest BCUT2D eigenvalue weighted by molar-refractivity contribution is 5.92. The van der Waals surface area contributed by atoms with Crippen molar-refractivity contribution in [3.05, 3.63) is 0 Å². The fraction of sp³-hybridized carbons (Fsp3) is 0.909. The number of rotatable bonds is 3. The van der Waals surface area contributed by atoms with Gasteiger partial charge in [-0.1, -0.05) is 27.7 Å². The summed E-state index contributed by atoms with van der Waals surface area (Å²) in [4.78, 5) is 14.1. The van der Waals surface area contributed by atoms with Crippen LogP contribution in [-0.4, -0.2) is 30.3 Å². The molecule has 0 aliphatic carbocycles. The standard InChI is InChI=1S/C11H23NO/c1-8-11(5,12(6)7)9(13)10(2,3)4/h8H2,1-7H3. The number of hydrogen-bond donors (Lipinski definition) is 0. The van der Waals surface area contributed by atoms with E-state index in [1.807, 2.05) is 46.7 Å². The summed E-state index contributed by atoms with van der Waals surface area (Å²) >= 11 is 0. The summed E-state index contributed by atoms with van der Waals surface area (Å²) in [5.41, 5.74) is -0.576. The van der Waals surface area contributed by atoms with Crippen LogP contribution < -0.4 is 0 Å². The van der Waals surface area contributed by atoms with Crippen LogP contribution in [0.2, 0.25) is 0 Å². The molecule has 78 valence electrons. The van der Waals surface area contributed by atoms with Gasteiger partial charge in [-0.15, -0.1) is 0 Å². The molecule has 0 fully saturated rings. The van der Waals surface area contributed by atoms with Gasteiger partial charge >= 0.3 is 0 Å². The van der Waals surface area contributed by atoms with E-state index in [1.54, 1.807) is 0 Å². The molecule has 0 N–H and O–H groups in total. The van der Waals surface area contributed by atoms with E-state index in [0.29, 0.717) is 5.78 Å². The zero-order valence-electron chi connectivity index (χ0n) is 10.1. The maximum Gasteiger partial charge on any atom is 0.158 e. The number of nitrogens with zero attached hydrogens (tertiary/aromatic N) is 1. The van der Waals surface area contributed by atoms with E-state index in [-0.39, 0.29) is 11.0 Å². The normalized spacial score (nSPS) is 17.2. The van der Waals surface area contributed by atoms with Crippen molar-refractivity contribution in [2.75, 3.05) is 14.1 Å². The van der Waals surface area contributed by atoms with Crippen LogP contribution in [0.15, 0.2) is 0 Å². The first-order valence-corrected chi connectivity index (χ1v) is 4.88. The highest BCUT2D eigenvalue weighted by atomic mass is 16.1. The summed E-state index contributed by atoms with van der Waals surface area (Å²) in [7, 11) is 3.93. The SMILES string of the molecule is CCC(C)(C(=O)C(C)(C)C)N(C)C. The number of carbonyl (C=O) groups excluding carboxylic acids is 1. The van der Waals surface area contributed by atoms with Crippen LogP contribution in [-0.2, 0) is 4.79 Å². The zero-order chi connectivity index (χ0) is 10.9. The smallest absolute Gasteiger partial charge is 0.158 e. The third-order valence-electron chi connectivity index (χ3n) is 2.85. The van der Waals surface area contributed by atoms with Gasteiger partial charge in [0.25, 0.3) is 0 Å². The molecule has 2 heteroatoms. The highest BCUT2D eigenvalue weighted by Crippen LogP contribution is 2.28. The average Bonchev–Trinajstić information content (AvgIpc) is 1.99. The second kappa shape index (κ2) is 3.79. The maximum absolute atomic E-state index is 12.1. The van der Waals surface area contributed by atoms with E-state index in [2.05, 4.69) is 6.92 Å². The van der Waals surface area contributed by atoms with Crippen LogP contribution in [0.25, 0.3) is 0 Å². The molecule has 0 spiro atoms. The summed E-state index contributed by atoms with van der Waals surface area (Å²) in [6.07, 6.45) is 0.857. The second-order valence-corrected chi connectivity index (χ2v) is 5.10. The summed E-state index contributed by atoms with van der Waals surface area (Å²) in [6.45, 7) is 10.0. The Morgan fingerprint density at radius 2 is 1.54 bits per heavy atom. The fourth-order valence-corrected chi connectivity index (χ4v) is 1.49. The predicted octanol–water partition coefficient (Wildman–Crippen LogP) is 2.33. The molecule has 0 aromatic carbocycles. The molecular formula is C11H23NO. The van der Waals surface area contributed by atoms with Gasteiger partial charge in [0.05, 0.1) is 5.54 Å². The Kier molecular flexibility index (Phi) is 3.68. The topological polar surface area (TPSA) is 20.3 Å². The van der Waals surface area contributed by atoms with E-state index in [0.717, 1.165) is 6.42 Å². The molecule has 0 saturated carbocycles. The number of hydrogen-bond acceptors (Lipinski definition) is 2. The third-order valence-corrected chi connectivity index (χ3v) is 2.85. The van der Waals surface area contributed by atoms with Gasteiger partial charge in [-0.05, 0) is 27.4 Å². The predicted molar refractivity (Wildman–Crippen MR) is 56.8 cm³/mol. The Morgan fingerprint density at radius 1 is 1.15 bits per heavy atom. The van der Waals surface area contributed by atoms with E-state index < -0.39 is 0 Å². The van der Waals surface area contributed by atoms with Crippen LogP contribution in [0.4, 0.5) is 0 Å². The largest absolute Gasteiger partial charge is 0.297 e. The van der Waals surface area contributed by atoms with Crippen molar-refractivity contribution >= 4 is 5.78 Å². The molecule has 1 unspecified atom stereocenters. The first kappa shape index (κ1) is 12.6. The Morgan fingerprint density at radius 3 is 1.62 bits per heavy atom. The van der Waals surface area contributed by atoms with Gasteiger partial charge in [0.15, 0.2) is 5.78 Å². The van der Waals surface area contributed by atoms with Crippen molar-refractivity contribution in [3.63, 3.8) is 0 Å². The minimum Gasteiger partial charge on any atom is -0.297 e. The second-order valence-electron chi connectivity index (χ2n) is 5.10. The first-order valence-electron chi connectivity index (χ1n) is 4.88. The molecular weight excluding hydrogens is 162 g/mol. The molecule has 0 aliphatic heterocycles. The molecule has 0 radical (unpaired) electrons. The van der Waals surface area contributed by atoms with Gasteiger partial charge in [0.1, 0.15) is 0 Å². The summed E-state index contributed by atoms with van der Waals surface area (Å²) in [5.74, 6) is 0.313. The lowest BCUT2D eigenvalue weighted by Gasteiger charge is -2.38. The molecule has 2 nitrogen and oxygen atoms in total. The van der Waals surface area contributed by atoms with Crippen LogP contribution in [0, 0.1) is 5.41 Å². The quantitative estimate of drug-likeness (QED) is 0.672. The van der Waals surface area contributed by atoms with Gasteiger partial charge < -0.3 is 0 Å². The fourth-order valence-electron chi connectivity index (χ4n) is 1.49. The van der Waals surface area contributed by atoms with Gasteiger partial charge in [-0.2, -0.15) is 0 Å². The summed E-state index contributed by atoms with van der Waals surface area (Å²) in [6, 6.07) is 0. The zero-order valence-corrected chi connectivity index (χ0v) is 10.1. The van der Waals surface area contributed by atoms with E-state index >= 15 is 0 Å². The lowest BCUT2D eigenvalue weighted by molar-refractivity contribution is -0.137. The molecule has 0 aromatic rings. The van der Waals surface area contributed by atoms with Crippen molar-refractivity contribution in [2.45, 2.75) is 46.6 Å². The van der Waals surface area contributed by atoms with Crippen molar-refractivity contribution in [3.8, 4) is 0 Å². The van der Waals surface area contributed by atoms with Gasteiger partial charge in [0, 0.05) is 5.41 Å². The van der Waals surface area contributed by atoms with Gasteiger partial charge in [-0.25, -0.2) is 0 Å². The molecule has 0 saturated heterocycles. The maximum atomic E-state index is 12.1. The summed E-state index contributed by atoms with van der Waals surface area (Å²) < 4.78 is 0. The lowest BCUT2D eigenvalue weighted by Crippen LogP contribution is -2.52. The van der Waals surface area contributed by atoms with Crippen LogP contribution >= 0.6 is 0 Å². The van der Waals surface area contributed by atoms with Crippen molar-refractivity contribution in [1.29, 1.82) is 0 Å². The molecule has 0 rings (SSSR count). The Hall–Kier alpha value is -0.370. The van der Waals surface area contributed by atoms with Crippen LogP contribution in [0.5, 0.6) is 0 Å². The first-order chi connectivity index (χ1) is 5.66. The van der Waals surface area contributed by atoms with E-state index in [4.69, 9.17) is 0 Å². The Balaban J connectivity index is 4.89. The van der Waals surface area contributed by atoms with Crippen LogP contribution in [0.3, 0.4) is 0 Å². The molecule has 0 bridgehead atoms. The number of likely N-dealkylation sites (N-methyl/N-ethyl adjacent to an activating group) is 1. The van der Waals surface area contributed by atoms with Crippen LogP contribution in [0.1, 0.15) is 41.0 Å². The number of carbonyl (C=O) groups is 1. The molecule has 0 aliphatic rings. The van der Waals surface area contributed by atoms with Crippen molar-refractivity contribution in [1.82, 2.24) is 4.90 Å². The number of Topliss-reactive ketones (excluding diaryl/α,β-unsaturated/α-hetero) is 1. The average molecular weight is 185 g/mol. The minimum atomic E-state index is -0.321. The molecule has 0 aromatic heterocycles.